The average molecular weight is 235 g/mol. The molecule has 0 unspecified atom stereocenters. The second kappa shape index (κ2) is 4.37. The van der Waals surface area contributed by atoms with Gasteiger partial charge in [-0.05, 0) is 24.3 Å². The van der Waals surface area contributed by atoms with Crippen LogP contribution in [0, 0.1) is 5.82 Å². The van der Waals surface area contributed by atoms with Crippen molar-refractivity contribution >= 4 is 17.9 Å². The standard InChI is InChI=1S/C12H10FNO3/c1-7-14-10(12(15)17-7)6-8-5-9(13)3-4-11(8)16-2/h3-6H,1-2H3/b10-6+. The first-order chi connectivity index (χ1) is 8.10. The van der Waals surface area contributed by atoms with Gasteiger partial charge in [-0.15, -0.1) is 0 Å². The van der Waals surface area contributed by atoms with Gasteiger partial charge in [-0.2, -0.15) is 0 Å². The van der Waals surface area contributed by atoms with E-state index >= 15 is 0 Å². The zero-order chi connectivity index (χ0) is 12.4. The molecule has 2 rings (SSSR count). The number of rotatable bonds is 2. The Hall–Kier alpha value is -2.17. The minimum atomic E-state index is -0.547. The fourth-order valence-electron chi connectivity index (χ4n) is 1.48. The Bertz CT molecular complexity index is 535. The third-order valence-corrected chi connectivity index (χ3v) is 2.21. The zero-order valence-corrected chi connectivity index (χ0v) is 9.36. The van der Waals surface area contributed by atoms with Crippen LogP contribution in [0.2, 0.25) is 0 Å². The Balaban J connectivity index is 2.44. The normalized spacial score (nSPS) is 17.0. The first-order valence-electron chi connectivity index (χ1n) is 4.93. The van der Waals surface area contributed by atoms with E-state index in [2.05, 4.69) is 4.99 Å². The van der Waals surface area contributed by atoms with Crippen LogP contribution in [0.3, 0.4) is 0 Å². The molecule has 0 radical (unpaired) electrons. The number of nitrogens with zero attached hydrogens (tertiary/aromatic N) is 1. The highest BCUT2D eigenvalue weighted by molar-refractivity contribution is 6.06. The SMILES string of the molecule is COc1ccc(F)cc1/C=C1/N=C(C)OC1=O. The summed E-state index contributed by atoms with van der Waals surface area (Å²) in [6, 6.07) is 4.03. The molecule has 0 saturated heterocycles. The van der Waals surface area contributed by atoms with E-state index in [0.717, 1.165) is 0 Å². The van der Waals surface area contributed by atoms with Crippen LogP contribution in [0.15, 0.2) is 28.9 Å². The van der Waals surface area contributed by atoms with E-state index in [-0.39, 0.29) is 11.6 Å². The number of carbonyl (C=O) groups is 1. The van der Waals surface area contributed by atoms with E-state index in [0.29, 0.717) is 11.3 Å². The Kier molecular flexibility index (Phi) is 2.91. The molecule has 0 fully saturated rings. The molecule has 5 heteroatoms. The van der Waals surface area contributed by atoms with Crippen LogP contribution in [0.5, 0.6) is 5.75 Å². The van der Waals surface area contributed by atoms with Crippen LogP contribution in [0.4, 0.5) is 4.39 Å². The number of carbonyl (C=O) groups excluding carboxylic acids is 1. The third-order valence-electron chi connectivity index (χ3n) is 2.21. The summed E-state index contributed by atoms with van der Waals surface area (Å²) in [6.07, 6.45) is 1.43. The molecule has 0 atom stereocenters. The van der Waals surface area contributed by atoms with Gasteiger partial charge in [0, 0.05) is 12.5 Å². The molecule has 0 saturated carbocycles. The Morgan fingerprint density at radius 1 is 1.47 bits per heavy atom. The van der Waals surface area contributed by atoms with E-state index < -0.39 is 11.8 Å². The van der Waals surface area contributed by atoms with Gasteiger partial charge < -0.3 is 9.47 Å². The molecule has 0 N–H and O–H groups in total. The van der Waals surface area contributed by atoms with Gasteiger partial charge in [0.1, 0.15) is 11.6 Å². The topological polar surface area (TPSA) is 47.9 Å². The smallest absolute Gasteiger partial charge is 0.363 e. The molecule has 0 aromatic heterocycles. The summed E-state index contributed by atoms with van der Waals surface area (Å²) in [5.41, 5.74) is 0.573. The maximum Gasteiger partial charge on any atom is 0.363 e. The summed E-state index contributed by atoms with van der Waals surface area (Å²) in [5.74, 6) is -0.221. The van der Waals surface area contributed by atoms with Gasteiger partial charge in [-0.1, -0.05) is 0 Å². The fraction of sp³-hybridized carbons (Fsp3) is 0.167. The van der Waals surface area contributed by atoms with Crippen molar-refractivity contribution < 1.29 is 18.7 Å². The number of esters is 1. The maximum absolute atomic E-state index is 13.1. The van der Waals surface area contributed by atoms with E-state index in [9.17, 15) is 9.18 Å². The largest absolute Gasteiger partial charge is 0.496 e. The predicted molar refractivity (Wildman–Crippen MR) is 60.1 cm³/mol. The minimum absolute atomic E-state index is 0.131. The fourth-order valence-corrected chi connectivity index (χ4v) is 1.48. The van der Waals surface area contributed by atoms with Crippen LogP contribution < -0.4 is 4.74 Å². The number of halogens is 1. The molecule has 1 aliphatic heterocycles. The van der Waals surface area contributed by atoms with Gasteiger partial charge in [0.15, 0.2) is 11.6 Å². The number of methoxy groups -OCH3 is 1. The average Bonchev–Trinajstić information content (AvgIpc) is 2.58. The van der Waals surface area contributed by atoms with Crippen molar-refractivity contribution in [2.24, 2.45) is 4.99 Å². The molecule has 1 aromatic rings. The van der Waals surface area contributed by atoms with Crippen LogP contribution in [-0.2, 0) is 9.53 Å². The summed E-state index contributed by atoms with van der Waals surface area (Å²) in [6.45, 7) is 1.57. The van der Waals surface area contributed by atoms with E-state index in [1.54, 1.807) is 6.92 Å². The summed E-state index contributed by atoms with van der Waals surface area (Å²) in [7, 11) is 1.47. The van der Waals surface area contributed by atoms with Crippen molar-refractivity contribution in [2.45, 2.75) is 6.92 Å². The number of hydrogen-bond acceptors (Lipinski definition) is 4. The van der Waals surface area contributed by atoms with Gasteiger partial charge in [-0.3, -0.25) is 0 Å². The first-order valence-corrected chi connectivity index (χ1v) is 4.93. The van der Waals surface area contributed by atoms with Gasteiger partial charge in [0.25, 0.3) is 0 Å². The minimum Gasteiger partial charge on any atom is -0.496 e. The number of cyclic esters (lactones) is 1. The van der Waals surface area contributed by atoms with Crippen molar-refractivity contribution in [2.75, 3.05) is 7.11 Å². The molecule has 0 aliphatic carbocycles. The second-order valence-corrected chi connectivity index (χ2v) is 3.44. The lowest BCUT2D eigenvalue weighted by Crippen LogP contribution is -2.00. The maximum atomic E-state index is 13.1. The molecule has 0 bridgehead atoms. The number of ether oxygens (including phenoxy) is 2. The van der Waals surface area contributed by atoms with Crippen molar-refractivity contribution in [1.82, 2.24) is 0 Å². The first kappa shape index (κ1) is 11.3. The lowest BCUT2D eigenvalue weighted by molar-refractivity contribution is -0.130. The van der Waals surface area contributed by atoms with Gasteiger partial charge >= 0.3 is 5.97 Å². The molecular weight excluding hydrogens is 225 g/mol. The summed E-state index contributed by atoms with van der Waals surface area (Å²) in [4.78, 5) is 15.2. The molecule has 88 valence electrons. The molecule has 17 heavy (non-hydrogen) atoms. The van der Waals surface area contributed by atoms with Crippen LogP contribution in [-0.4, -0.2) is 19.0 Å². The van der Waals surface area contributed by atoms with Crippen molar-refractivity contribution in [3.05, 3.63) is 35.3 Å². The monoisotopic (exact) mass is 235 g/mol. The molecule has 0 spiro atoms. The highest BCUT2D eigenvalue weighted by Crippen LogP contribution is 2.24. The summed E-state index contributed by atoms with van der Waals surface area (Å²) < 4.78 is 22.9. The van der Waals surface area contributed by atoms with Crippen LogP contribution in [0.1, 0.15) is 12.5 Å². The van der Waals surface area contributed by atoms with Crippen molar-refractivity contribution in [3.63, 3.8) is 0 Å². The number of hydrogen-bond donors (Lipinski definition) is 0. The second-order valence-electron chi connectivity index (χ2n) is 3.44. The van der Waals surface area contributed by atoms with Gasteiger partial charge in [-0.25, -0.2) is 14.2 Å². The Morgan fingerprint density at radius 2 is 2.24 bits per heavy atom. The van der Waals surface area contributed by atoms with E-state index in [4.69, 9.17) is 9.47 Å². The third kappa shape index (κ3) is 2.33. The molecule has 1 heterocycles. The number of benzene rings is 1. The van der Waals surface area contributed by atoms with Gasteiger partial charge in [0.2, 0.25) is 0 Å². The zero-order valence-electron chi connectivity index (χ0n) is 9.36. The highest BCUT2D eigenvalue weighted by atomic mass is 19.1. The molecule has 4 nitrogen and oxygen atoms in total. The van der Waals surface area contributed by atoms with Crippen LogP contribution in [0.25, 0.3) is 6.08 Å². The molecule has 1 aliphatic rings. The van der Waals surface area contributed by atoms with E-state index in [1.165, 1.54) is 31.4 Å². The predicted octanol–water partition coefficient (Wildman–Crippen LogP) is 2.15. The number of aliphatic imine (C=N–C) groups is 1. The van der Waals surface area contributed by atoms with Crippen molar-refractivity contribution in [3.8, 4) is 5.75 Å². The molecular formula is C12H10FNO3. The lowest BCUT2D eigenvalue weighted by Gasteiger charge is -2.04. The molecule has 0 amide bonds. The Morgan fingerprint density at radius 3 is 2.82 bits per heavy atom. The lowest BCUT2D eigenvalue weighted by atomic mass is 10.1. The summed E-state index contributed by atoms with van der Waals surface area (Å²) >= 11 is 0. The molecule has 1 aromatic carbocycles. The Labute approximate surface area is 97.4 Å². The van der Waals surface area contributed by atoms with E-state index in [1.807, 2.05) is 0 Å². The quantitative estimate of drug-likeness (QED) is 0.583. The highest BCUT2D eigenvalue weighted by Gasteiger charge is 2.20. The summed E-state index contributed by atoms with van der Waals surface area (Å²) in [5, 5.41) is 0. The van der Waals surface area contributed by atoms with Crippen LogP contribution >= 0.6 is 0 Å². The van der Waals surface area contributed by atoms with Crippen molar-refractivity contribution in [1.29, 1.82) is 0 Å². The van der Waals surface area contributed by atoms with Gasteiger partial charge in [0.05, 0.1) is 7.11 Å².